The molecule has 0 saturated heterocycles. The largest absolute Gasteiger partial charge is 0.411 e. The summed E-state index contributed by atoms with van der Waals surface area (Å²) in [7, 11) is 0. The van der Waals surface area contributed by atoms with Crippen molar-refractivity contribution in [2.75, 3.05) is 13.2 Å². The van der Waals surface area contributed by atoms with Gasteiger partial charge in [0.15, 0.2) is 0 Å². The van der Waals surface area contributed by atoms with Crippen molar-refractivity contribution in [2.24, 2.45) is 0 Å². The van der Waals surface area contributed by atoms with Gasteiger partial charge in [0.25, 0.3) is 0 Å². The van der Waals surface area contributed by atoms with E-state index in [1.165, 1.54) is 6.20 Å². The number of hydrogen-bond acceptors (Lipinski definition) is 3. The van der Waals surface area contributed by atoms with E-state index in [0.29, 0.717) is 11.5 Å². The van der Waals surface area contributed by atoms with Gasteiger partial charge in [0.1, 0.15) is 12.4 Å². The van der Waals surface area contributed by atoms with Crippen LogP contribution in [0.1, 0.15) is 11.5 Å². The SMILES string of the molecule is OCc1cnc(CCOCC(F)(F)F)[nH]1. The van der Waals surface area contributed by atoms with Gasteiger partial charge >= 0.3 is 6.18 Å². The van der Waals surface area contributed by atoms with Gasteiger partial charge in [-0.2, -0.15) is 13.2 Å². The predicted octanol–water partition coefficient (Wildman–Crippen LogP) is 1.02. The Morgan fingerprint density at radius 1 is 1.47 bits per heavy atom. The van der Waals surface area contributed by atoms with E-state index in [4.69, 9.17) is 5.11 Å². The van der Waals surface area contributed by atoms with Crippen molar-refractivity contribution in [3.05, 3.63) is 17.7 Å². The lowest BCUT2D eigenvalue weighted by atomic mass is 10.4. The summed E-state index contributed by atoms with van der Waals surface area (Å²) in [4.78, 5) is 6.58. The Bertz CT molecular complexity index is 298. The molecule has 0 spiro atoms. The van der Waals surface area contributed by atoms with Gasteiger partial charge in [-0.3, -0.25) is 0 Å². The summed E-state index contributed by atoms with van der Waals surface area (Å²) in [6.45, 7) is -1.48. The molecule has 0 fully saturated rings. The van der Waals surface area contributed by atoms with E-state index in [9.17, 15) is 13.2 Å². The Morgan fingerprint density at radius 2 is 2.20 bits per heavy atom. The van der Waals surface area contributed by atoms with Gasteiger partial charge in [-0.1, -0.05) is 0 Å². The van der Waals surface area contributed by atoms with Gasteiger partial charge in [-0.15, -0.1) is 0 Å². The third-order valence-corrected chi connectivity index (χ3v) is 1.60. The lowest BCUT2D eigenvalue weighted by Crippen LogP contribution is -2.18. The van der Waals surface area contributed by atoms with Crippen LogP contribution in [0.5, 0.6) is 0 Å². The summed E-state index contributed by atoms with van der Waals surface area (Å²) in [5, 5.41) is 8.68. The van der Waals surface area contributed by atoms with Crippen molar-refractivity contribution < 1.29 is 23.0 Å². The maximum Gasteiger partial charge on any atom is 0.411 e. The van der Waals surface area contributed by atoms with Gasteiger partial charge in [0.2, 0.25) is 0 Å². The molecule has 0 aliphatic carbocycles. The van der Waals surface area contributed by atoms with Gasteiger partial charge in [-0.25, -0.2) is 4.98 Å². The summed E-state index contributed by atoms with van der Waals surface area (Å²) < 4.78 is 39.4. The van der Waals surface area contributed by atoms with Crippen molar-refractivity contribution >= 4 is 0 Å². The van der Waals surface area contributed by atoms with Crippen LogP contribution in [0.25, 0.3) is 0 Å². The van der Waals surface area contributed by atoms with Gasteiger partial charge in [0, 0.05) is 6.42 Å². The monoisotopic (exact) mass is 224 g/mol. The molecule has 0 aliphatic rings. The molecule has 0 radical (unpaired) electrons. The number of nitrogens with zero attached hydrogens (tertiary/aromatic N) is 1. The fraction of sp³-hybridized carbons (Fsp3) is 0.625. The van der Waals surface area contributed by atoms with E-state index >= 15 is 0 Å². The van der Waals surface area contributed by atoms with Crippen LogP contribution in [0.4, 0.5) is 13.2 Å². The van der Waals surface area contributed by atoms with E-state index in [0.717, 1.165) is 0 Å². The van der Waals surface area contributed by atoms with E-state index in [1.807, 2.05) is 0 Å². The number of H-pyrrole nitrogens is 1. The highest BCUT2D eigenvalue weighted by Crippen LogP contribution is 2.14. The van der Waals surface area contributed by atoms with Crippen molar-refractivity contribution in [3.8, 4) is 0 Å². The quantitative estimate of drug-likeness (QED) is 0.734. The van der Waals surface area contributed by atoms with E-state index < -0.39 is 12.8 Å². The molecule has 0 bridgehead atoms. The Kier molecular flexibility index (Phi) is 4.10. The minimum atomic E-state index is -4.29. The molecule has 0 amide bonds. The zero-order valence-corrected chi connectivity index (χ0v) is 7.84. The number of aromatic nitrogens is 2. The second-order valence-electron chi connectivity index (χ2n) is 2.93. The number of alkyl halides is 3. The first-order valence-corrected chi connectivity index (χ1v) is 4.29. The molecule has 1 aromatic heterocycles. The molecule has 15 heavy (non-hydrogen) atoms. The fourth-order valence-corrected chi connectivity index (χ4v) is 0.970. The molecular formula is C8H11F3N2O2. The van der Waals surface area contributed by atoms with Crippen molar-refractivity contribution in [1.82, 2.24) is 9.97 Å². The maximum absolute atomic E-state index is 11.7. The number of aliphatic hydroxyl groups is 1. The zero-order valence-electron chi connectivity index (χ0n) is 7.84. The lowest BCUT2D eigenvalue weighted by molar-refractivity contribution is -0.173. The van der Waals surface area contributed by atoms with E-state index in [1.54, 1.807) is 0 Å². The van der Waals surface area contributed by atoms with Crippen LogP contribution in [-0.4, -0.2) is 34.5 Å². The molecule has 1 aromatic rings. The summed E-state index contributed by atoms with van der Waals surface area (Å²) >= 11 is 0. The summed E-state index contributed by atoms with van der Waals surface area (Å²) in [6.07, 6.45) is -2.60. The van der Waals surface area contributed by atoms with Crippen LogP contribution in [0, 0.1) is 0 Å². The minimum absolute atomic E-state index is 0.0576. The number of aliphatic hydroxyl groups excluding tert-OH is 1. The number of imidazole rings is 1. The minimum Gasteiger partial charge on any atom is -0.390 e. The summed E-state index contributed by atoms with van der Waals surface area (Å²) in [6, 6.07) is 0. The number of ether oxygens (including phenoxy) is 1. The van der Waals surface area contributed by atoms with Crippen molar-refractivity contribution in [2.45, 2.75) is 19.2 Å². The number of rotatable bonds is 5. The number of halogens is 3. The highest BCUT2D eigenvalue weighted by molar-refractivity contribution is 4.99. The smallest absolute Gasteiger partial charge is 0.390 e. The highest BCUT2D eigenvalue weighted by Gasteiger charge is 2.27. The molecule has 0 aliphatic heterocycles. The molecule has 0 saturated carbocycles. The normalized spacial score (nSPS) is 12.0. The Labute approximate surface area is 84.1 Å². The number of nitrogens with one attached hydrogen (secondary N) is 1. The standard InChI is InChI=1S/C8H11F3N2O2/c9-8(10,11)5-15-2-1-7-12-3-6(4-14)13-7/h3,14H,1-2,4-5H2,(H,12,13). The molecule has 7 heteroatoms. The Hall–Kier alpha value is -1.08. The number of aromatic amines is 1. The molecule has 4 nitrogen and oxygen atoms in total. The molecule has 2 N–H and O–H groups in total. The lowest BCUT2D eigenvalue weighted by Gasteiger charge is -2.06. The summed E-state index contributed by atoms with van der Waals surface area (Å²) in [5.41, 5.74) is 0.529. The van der Waals surface area contributed by atoms with Gasteiger partial charge in [-0.05, 0) is 0 Å². The van der Waals surface area contributed by atoms with Crippen LogP contribution in [0.15, 0.2) is 6.20 Å². The second kappa shape index (κ2) is 5.13. The topological polar surface area (TPSA) is 58.1 Å². The highest BCUT2D eigenvalue weighted by atomic mass is 19.4. The summed E-state index contributed by atoms with van der Waals surface area (Å²) in [5.74, 6) is 0.501. The van der Waals surface area contributed by atoms with Crippen LogP contribution in [0.2, 0.25) is 0 Å². The third kappa shape index (κ3) is 4.80. The molecule has 1 rings (SSSR count). The number of hydrogen-bond donors (Lipinski definition) is 2. The van der Waals surface area contributed by atoms with Crippen LogP contribution in [0.3, 0.4) is 0 Å². The maximum atomic E-state index is 11.7. The average molecular weight is 224 g/mol. The van der Waals surface area contributed by atoms with E-state index in [-0.39, 0.29) is 19.6 Å². The first-order valence-electron chi connectivity index (χ1n) is 4.29. The Morgan fingerprint density at radius 3 is 2.73 bits per heavy atom. The van der Waals surface area contributed by atoms with Crippen molar-refractivity contribution in [3.63, 3.8) is 0 Å². The Balaban J connectivity index is 2.20. The van der Waals surface area contributed by atoms with E-state index in [2.05, 4.69) is 14.7 Å². The van der Waals surface area contributed by atoms with Crippen LogP contribution < -0.4 is 0 Å². The molecule has 0 atom stereocenters. The zero-order chi connectivity index (χ0) is 11.3. The van der Waals surface area contributed by atoms with Crippen LogP contribution >= 0.6 is 0 Å². The predicted molar refractivity (Wildman–Crippen MR) is 45.1 cm³/mol. The molecular weight excluding hydrogens is 213 g/mol. The molecule has 0 unspecified atom stereocenters. The van der Waals surface area contributed by atoms with Crippen molar-refractivity contribution in [1.29, 1.82) is 0 Å². The molecule has 86 valence electrons. The second-order valence-corrected chi connectivity index (χ2v) is 2.93. The third-order valence-electron chi connectivity index (χ3n) is 1.60. The first kappa shape index (κ1) is 12.0. The molecule has 1 heterocycles. The first-order chi connectivity index (χ1) is 7.01. The molecule has 0 aromatic carbocycles. The van der Waals surface area contributed by atoms with Gasteiger partial charge < -0.3 is 14.8 Å². The van der Waals surface area contributed by atoms with Crippen LogP contribution in [-0.2, 0) is 17.8 Å². The van der Waals surface area contributed by atoms with Gasteiger partial charge in [0.05, 0.1) is 25.1 Å². The average Bonchev–Trinajstić information content (AvgIpc) is 2.59. The fourth-order valence-electron chi connectivity index (χ4n) is 0.970.